The van der Waals surface area contributed by atoms with Gasteiger partial charge in [0.25, 0.3) is 0 Å². The molecule has 16 heavy (non-hydrogen) atoms. The zero-order valence-electron chi connectivity index (χ0n) is 11.0. The van der Waals surface area contributed by atoms with Crippen LogP contribution < -0.4 is 5.73 Å². The smallest absolute Gasteiger partial charge is 0.00793 e. The number of piperidine rings is 1. The molecule has 0 aromatic heterocycles. The minimum Gasteiger partial charge on any atom is -0.327 e. The molecule has 2 fully saturated rings. The van der Waals surface area contributed by atoms with Gasteiger partial charge in [0.1, 0.15) is 0 Å². The van der Waals surface area contributed by atoms with Crippen LogP contribution in [0, 0.1) is 11.3 Å². The topological polar surface area (TPSA) is 29.3 Å². The molecule has 1 heterocycles. The third-order valence-electron chi connectivity index (χ3n) is 4.44. The maximum absolute atomic E-state index is 6.24. The van der Waals surface area contributed by atoms with Gasteiger partial charge in [-0.25, -0.2) is 0 Å². The van der Waals surface area contributed by atoms with Gasteiger partial charge in [-0.1, -0.05) is 26.7 Å². The van der Waals surface area contributed by atoms with E-state index in [1.165, 1.54) is 58.2 Å². The number of nitrogens with zero attached hydrogens (tertiary/aromatic N) is 1. The van der Waals surface area contributed by atoms with Crippen molar-refractivity contribution in [1.29, 1.82) is 0 Å². The first-order chi connectivity index (χ1) is 7.57. The number of nitrogens with two attached hydrogens (primary N) is 1. The lowest BCUT2D eigenvalue weighted by Gasteiger charge is -2.41. The lowest BCUT2D eigenvalue weighted by Crippen LogP contribution is -2.46. The van der Waals surface area contributed by atoms with Crippen LogP contribution in [-0.4, -0.2) is 30.6 Å². The summed E-state index contributed by atoms with van der Waals surface area (Å²) in [6.07, 6.45) is 8.12. The average molecular weight is 224 g/mol. The Bertz CT molecular complexity index is 225. The fourth-order valence-electron chi connectivity index (χ4n) is 3.50. The van der Waals surface area contributed by atoms with Crippen molar-refractivity contribution in [3.63, 3.8) is 0 Å². The van der Waals surface area contributed by atoms with Gasteiger partial charge in [0.15, 0.2) is 0 Å². The molecule has 2 aliphatic rings. The van der Waals surface area contributed by atoms with Crippen molar-refractivity contribution in [3.8, 4) is 0 Å². The quantitative estimate of drug-likeness (QED) is 0.781. The summed E-state index contributed by atoms with van der Waals surface area (Å²) in [5, 5.41) is 0. The molecule has 0 bridgehead atoms. The van der Waals surface area contributed by atoms with Gasteiger partial charge >= 0.3 is 0 Å². The van der Waals surface area contributed by atoms with Crippen molar-refractivity contribution < 1.29 is 0 Å². The van der Waals surface area contributed by atoms with E-state index in [0.29, 0.717) is 11.5 Å². The van der Waals surface area contributed by atoms with E-state index in [1.807, 2.05) is 0 Å². The highest BCUT2D eigenvalue weighted by atomic mass is 15.1. The number of hydrogen-bond acceptors (Lipinski definition) is 2. The predicted molar refractivity (Wildman–Crippen MR) is 69.4 cm³/mol. The molecule has 2 nitrogen and oxygen atoms in total. The van der Waals surface area contributed by atoms with E-state index in [-0.39, 0.29) is 0 Å². The van der Waals surface area contributed by atoms with Crippen LogP contribution in [0.4, 0.5) is 0 Å². The van der Waals surface area contributed by atoms with Crippen LogP contribution in [0.1, 0.15) is 52.4 Å². The summed E-state index contributed by atoms with van der Waals surface area (Å²) in [4.78, 5) is 2.67. The van der Waals surface area contributed by atoms with Crippen LogP contribution in [-0.2, 0) is 0 Å². The van der Waals surface area contributed by atoms with Crippen LogP contribution in [0.15, 0.2) is 0 Å². The number of likely N-dealkylation sites (tertiary alicyclic amines) is 1. The maximum atomic E-state index is 6.24. The Morgan fingerprint density at radius 1 is 1.19 bits per heavy atom. The normalized spacial score (nSPS) is 36.2. The average Bonchev–Trinajstić information content (AvgIpc) is 2.20. The molecule has 2 heteroatoms. The molecule has 2 unspecified atom stereocenters. The van der Waals surface area contributed by atoms with Gasteiger partial charge in [0.2, 0.25) is 0 Å². The molecule has 0 radical (unpaired) electrons. The molecule has 2 rings (SSSR count). The molecular weight excluding hydrogens is 196 g/mol. The monoisotopic (exact) mass is 224 g/mol. The fraction of sp³-hybridized carbons (Fsp3) is 1.00. The van der Waals surface area contributed by atoms with Gasteiger partial charge in [0, 0.05) is 19.1 Å². The molecule has 94 valence electrons. The van der Waals surface area contributed by atoms with Gasteiger partial charge in [-0.15, -0.1) is 0 Å². The second-order valence-corrected chi connectivity index (χ2v) is 6.71. The van der Waals surface area contributed by atoms with E-state index in [4.69, 9.17) is 5.73 Å². The molecule has 1 saturated heterocycles. The SMILES string of the molecule is CC1(C)CCCN(CC2CCCCC2N)C1. The van der Waals surface area contributed by atoms with Crippen LogP contribution in [0.3, 0.4) is 0 Å². The van der Waals surface area contributed by atoms with Crippen LogP contribution in [0.5, 0.6) is 0 Å². The first kappa shape index (κ1) is 12.4. The molecule has 1 aliphatic heterocycles. The highest BCUT2D eigenvalue weighted by molar-refractivity contribution is 4.85. The summed E-state index contributed by atoms with van der Waals surface area (Å²) in [6.45, 7) is 8.63. The van der Waals surface area contributed by atoms with Crippen molar-refractivity contribution >= 4 is 0 Å². The molecule has 2 N–H and O–H groups in total. The number of hydrogen-bond donors (Lipinski definition) is 1. The van der Waals surface area contributed by atoms with Crippen molar-refractivity contribution in [3.05, 3.63) is 0 Å². The van der Waals surface area contributed by atoms with Gasteiger partial charge in [-0.3, -0.25) is 0 Å². The van der Waals surface area contributed by atoms with Gasteiger partial charge in [-0.05, 0) is 43.6 Å². The Morgan fingerprint density at radius 3 is 2.62 bits per heavy atom. The van der Waals surface area contributed by atoms with E-state index in [1.54, 1.807) is 0 Å². The Labute approximate surface area is 101 Å². The Hall–Kier alpha value is -0.0800. The molecule has 1 aliphatic carbocycles. The van der Waals surface area contributed by atoms with E-state index >= 15 is 0 Å². The van der Waals surface area contributed by atoms with E-state index < -0.39 is 0 Å². The summed E-state index contributed by atoms with van der Waals surface area (Å²) in [5.41, 5.74) is 6.76. The Balaban J connectivity index is 1.84. The summed E-state index contributed by atoms with van der Waals surface area (Å²) >= 11 is 0. The van der Waals surface area contributed by atoms with Gasteiger partial charge in [0.05, 0.1) is 0 Å². The van der Waals surface area contributed by atoms with Crippen LogP contribution in [0.2, 0.25) is 0 Å². The minimum absolute atomic E-state index is 0.471. The van der Waals surface area contributed by atoms with Crippen molar-refractivity contribution in [2.24, 2.45) is 17.1 Å². The van der Waals surface area contributed by atoms with Crippen molar-refractivity contribution in [2.75, 3.05) is 19.6 Å². The summed E-state index contributed by atoms with van der Waals surface area (Å²) in [5.74, 6) is 0.766. The first-order valence-corrected chi connectivity index (χ1v) is 7.05. The lowest BCUT2D eigenvalue weighted by atomic mass is 9.81. The third kappa shape index (κ3) is 3.21. The summed E-state index contributed by atoms with van der Waals surface area (Å²) in [6, 6.07) is 0.471. The molecule has 0 amide bonds. The zero-order valence-corrected chi connectivity index (χ0v) is 11.0. The molecule has 2 atom stereocenters. The Kier molecular flexibility index (Phi) is 3.91. The van der Waals surface area contributed by atoms with E-state index in [0.717, 1.165) is 5.92 Å². The van der Waals surface area contributed by atoms with Crippen molar-refractivity contribution in [2.45, 2.75) is 58.4 Å². The standard InChI is InChI=1S/C14H28N2/c1-14(2)8-5-9-16(11-14)10-12-6-3-4-7-13(12)15/h12-13H,3-11,15H2,1-2H3. The maximum Gasteiger partial charge on any atom is 0.00793 e. The summed E-state index contributed by atoms with van der Waals surface area (Å²) < 4.78 is 0. The molecule has 0 aromatic rings. The second kappa shape index (κ2) is 5.05. The van der Waals surface area contributed by atoms with Crippen molar-refractivity contribution in [1.82, 2.24) is 4.90 Å². The fourth-order valence-corrected chi connectivity index (χ4v) is 3.50. The van der Waals surface area contributed by atoms with Crippen LogP contribution in [0.25, 0.3) is 0 Å². The largest absolute Gasteiger partial charge is 0.327 e. The highest BCUT2D eigenvalue weighted by Gasteiger charge is 2.30. The molecule has 0 spiro atoms. The molecular formula is C14H28N2. The summed E-state index contributed by atoms with van der Waals surface area (Å²) in [7, 11) is 0. The van der Waals surface area contributed by atoms with Gasteiger partial charge in [-0.2, -0.15) is 0 Å². The first-order valence-electron chi connectivity index (χ1n) is 7.05. The zero-order chi connectivity index (χ0) is 11.6. The van der Waals surface area contributed by atoms with E-state index in [2.05, 4.69) is 18.7 Å². The minimum atomic E-state index is 0.471. The lowest BCUT2D eigenvalue weighted by molar-refractivity contribution is 0.0890. The van der Waals surface area contributed by atoms with E-state index in [9.17, 15) is 0 Å². The van der Waals surface area contributed by atoms with Crippen LogP contribution >= 0.6 is 0 Å². The van der Waals surface area contributed by atoms with Gasteiger partial charge < -0.3 is 10.6 Å². The predicted octanol–water partition coefficient (Wildman–Crippen LogP) is 2.63. The molecule has 1 saturated carbocycles. The Morgan fingerprint density at radius 2 is 1.94 bits per heavy atom. The third-order valence-corrected chi connectivity index (χ3v) is 4.44. The second-order valence-electron chi connectivity index (χ2n) is 6.71. The highest BCUT2D eigenvalue weighted by Crippen LogP contribution is 2.30. The number of rotatable bonds is 2. The molecule has 0 aromatic carbocycles.